The monoisotopic (exact) mass is 544 g/mol. The van der Waals surface area contributed by atoms with Crippen molar-refractivity contribution in [3.63, 3.8) is 0 Å². The second-order valence-electron chi connectivity index (χ2n) is 11.1. The molecule has 9 heteroatoms. The zero-order chi connectivity index (χ0) is 27.1. The first-order chi connectivity index (χ1) is 19.7. The second kappa shape index (κ2) is 12.8. The normalized spacial score (nSPS) is 20.4. The van der Waals surface area contributed by atoms with Gasteiger partial charge in [-0.3, -0.25) is 0 Å². The predicted octanol–water partition coefficient (Wildman–Crippen LogP) is 4.79. The van der Waals surface area contributed by atoms with Gasteiger partial charge in [0.05, 0.1) is 31.0 Å². The molecule has 40 heavy (non-hydrogen) atoms. The number of fused-ring (bicyclic) bond motifs is 1. The summed E-state index contributed by atoms with van der Waals surface area (Å²) in [6.45, 7) is 6.53. The van der Waals surface area contributed by atoms with E-state index in [1.807, 2.05) is 29.2 Å². The van der Waals surface area contributed by atoms with Crippen LogP contribution in [-0.2, 0) is 4.74 Å². The van der Waals surface area contributed by atoms with Gasteiger partial charge in [-0.05, 0) is 75.0 Å². The molecule has 6 rings (SSSR count). The number of carbonyl (C=O) groups is 1. The van der Waals surface area contributed by atoms with E-state index < -0.39 is 0 Å². The van der Waals surface area contributed by atoms with Crippen LogP contribution >= 0.6 is 0 Å². The van der Waals surface area contributed by atoms with E-state index in [1.54, 1.807) is 6.33 Å². The van der Waals surface area contributed by atoms with Crippen LogP contribution in [0.15, 0.2) is 48.8 Å². The van der Waals surface area contributed by atoms with E-state index in [2.05, 4.69) is 43.7 Å². The Hall–Kier alpha value is -3.43. The Bertz CT molecular complexity index is 1270. The zero-order valence-electron chi connectivity index (χ0n) is 23.2. The Labute approximate surface area is 236 Å². The summed E-state index contributed by atoms with van der Waals surface area (Å²) in [4.78, 5) is 26.4. The number of nitrogens with zero attached hydrogens (tertiary/aromatic N) is 4. The average Bonchev–Trinajstić information content (AvgIpc) is 3.02. The molecule has 3 aromatic rings. The van der Waals surface area contributed by atoms with Gasteiger partial charge in [-0.25, -0.2) is 14.8 Å². The third kappa shape index (κ3) is 6.47. The number of aromatic nitrogens is 2. The molecule has 4 heterocycles. The highest BCUT2D eigenvalue weighted by Crippen LogP contribution is 2.32. The molecule has 0 radical (unpaired) electrons. The molecular weight excluding hydrogens is 504 g/mol. The molecule has 3 fully saturated rings. The van der Waals surface area contributed by atoms with Crippen molar-refractivity contribution in [1.82, 2.24) is 20.2 Å². The van der Waals surface area contributed by atoms with Crippen LogP contribution in [0, 0.1) is 0 Å². The van der Waals surface area contributed by atoms with Gasteiger partial charge in [0.25, 0.3) is 0 Å². The van der Waals surface area contributed by atoms with Crippen molar-refractivity contribution in [3.05, 3.63) is 54.5 Å². The predicted molar refractivity (Wildman–Crippen MR) is 157 cm³/mol. The van der Waals surface area contributed by atoms with E-state index in [0.717, 1.165) is 85.8 Å². The number of anilines is 2. The van der Waals surface area contributed by atoms with Gasteiger partial charge in [0, 0.05) is 61.0 Å². The number of morpholine rings is 1. The first-order valence-electron chi connectivity index (χ1n) is 14.8. The SMILES string of the molecule is O=C(Nc1ccc(N2CCOCC2)cc1)N1CCC(c2ncnc3cc(OCCC4CCCCN4)ccc23)CC1. The van der Waals surface area contributed by atoms with Crippen LogP contribution in [0.25, 0.3) is 10.9 Å². The Morgan fingerprint density at radius 2 is 1.82 bits per heavy atom. The van der Waals surface area contributed by atoms with Gasteiger partial charge in [-0.1, -0.05) is 6.42 Å². The van der Waals surface area contributed by atoms with Gasteiger partial charge in [0.2, 0.25) is 0 Å². The van der Waals surface area contributed by atoms with Crippen LogP contribution in [0.5, 0.6) is 5.75 Å². The smallest absolute Gasteiger partial charge is 0.321 e. The van der Waals surface area contributed by atoms with Gasteiger partial charge in [-0.15, -0.1) is 0 Å². The van der Waals surface area contributed by atoms with Crippen molar-refractivity contribution < 1.29 is 14.3 Å². The van der Waals surface area contributed by atoms with Crippen molar-refractivity contribution in [2.75, 3.05) is 62.8 Å². The molecule has 3 aliphatic heterocycles. The molecule has 1 unspecified atom stereocenters. The van der Waals surface area contributed by atoms with E-state index >= 15 is 0 Å². The lowest BCUT2D eigenvalue weighted by atomic mass is 9.91. The highest BCUT2D eigenvalue weighted by molar-refractivity contribution is 5.89. The van der Waals surface area contributed by atoms with Crippen LogP contribution in [0.3, 0.4) is 0 Å². The molecule has 2 N–H and O–H groups in total. The fraction of sp³-hybridized carbons (Fsp3) is 0.516. The third-order valence-electron chi connectivity index (χ3n) is 8.45. The van der Waals surface area contributed by atoms with E-state index in [-0.39, 0.29) is 6.03 Å². The minimum absolute atomic E-state index is 0.0460. The van der Waals surface area contributed by atoms with Gasteiger partial charge < -0.3 is 29.9 Å². The summed E-state index contributed by atoms with van der Waals surface area (Å²) in [5.41, 5.74) is 3.97. The molecule has 1 aromatic heterocycles. The van der Waals surface area contributed by atoms with Crippen LogP contribution in [-0.4, -0.2) is 79.5 Å². The van der Waals surface area contributed by atoms with Crippen LogP contribution in [0.1, 0.15) is 50.1 Å². The molecule has 1 atom stereocenters. The summed E-state index contributed by atoms with van der Waals surface area (Å²) in [6, 6.07) is 14.8. The lowest BCUT2D eigenvalue weighted by Gasteiger charge is -2.32. The quantitative estimate of drug-likeness (QED) is 0.442. The van der Waals surface area contributed by atoms with E-state index in [1.165, 1.54) is 19.3 Å². The number of urea groups is 1. The maximum Gasteiger partial charge on any atom is 0.321 e. The minimum atomic E-state index is -0.0460. The second-order valence-corrected chi connectivity index (χ2v) is 11.1. The molecule has 9 nitrogen and oxygen atoms in total. The fourth-order valence-electron chi connectivity index (χ4n) is 6.10. The number of rotatable bonds is 7. The van der Waals surface area contributed by atoms with Crippen LogP contribution in [0.4, 0.5) is 16.2 Å². The highest BCUT2D eigenvalue weighted by atomic mass is 16.5. The summed E-state index contributed by atoms with van der Waals surface area (Å²) >= 11 is 0. The molecule has 0 spiro atoms. The first-order valence-corrected chi connectivity index (χ1v) is 14.8. The minimum Gasteiger partial charge on any atom is -0.493 e. The number of likely N-dealkylation sites (tertiary alicyclic amines) is 1. The van der Waals surface area contributed by atoms with E-state index in [0.29, 0.717) is 31.7 Å². The molecule has 212 valence electrons. The van der Waals surface area contributed by atoms with E-state index in [9.17, 15) is 4.79 Å². The van der Waals surface area contributed by atoms with Crippen molar-refractivity contribution in [3.8, 4) is 5.75 Å². The Morgan fingerprint density at radius 1 is 1.00 bits per heavy atom. The lowest BCUT2D eigenvalue weighted by Crippen LogP contribution is -2.40. The summed E-state index contributed by atoms with van der Waals surface area (Å²) in [5.74, 6) is 1.16. The summed E-state index contributed by atoms with van der Waals surface area (Å²) in [5, 5.41) is 7.73. The summed E-state index contributed by atoms with van der Waals surface area (Å²) < 4.78 is 11.5. The molecule has 3 aliphatic rings. The average molecular weight is 545 g/mol. The van der Waals surface area contributed by atoms with Gasteiger partial charge >= 0.3 is 6.03 Å². The number of hydrogen-bond acceptors (Lipinski definition) is 7. The van der Waals surface area contributed by atoms with Crippen LogP contribution in [0.2, 0.25) is 0 Å². The molecule has 3 saturated heterocycles. The van der Waals surface area contributed by atoms with Crippen molar-refractivity contribution >= 4 is 28.3 Å². The Balaban J connectivity index is 1.01. The standard InChI is InChI=1S/C31H40N6O3/c38-31(35-25-4-6-26(7-5-25)36-16-19-39-20-17-36)37-14-10-23(11-15-37)30-28-9-8-27(21-29(28)33-22-34-30)40-18-12-24-3-1-2-13-32-24/h4-9,21-24,32H,1-3,10-20H2,(H,35,38). The summed E-state index contributed by atoms with van der Waals surface area (Å²) in [6.07, 6.45) is 8.26. The van der Waals surface area contributed by atoms with Gasteiger partial charge in [0.15, 0.2) is 0 Å². The molecule has 0 aliphatic carbocycles. The number of carbonyl (C=O) groups excluding carboxylic acids is 1. The van der Waals surface area contributed by atoms with Gasteiger partial charge in [0.1, 0.15) is 12.1 Å². The molecule has 0 bridgehead atoms. The zero-order valence-corrected chi connectivity index (χ0v) is 23.2. The van der Waals surface area contributed by atoms with Crippen molar-refractivity contribution in [2.45, 2.75) is 50.5 Å². The maximum atomic E-state index is 13.0. The largest absolute Gasteiger partial charge is 0.493 e. The maximum absolute atomic E-state index is 13.0. The molecular formula is C31H40N6O3. The molecule has 2 aromatic carbocycles. The summed E-state index contributed by atoms with van der Waals surface area (Å²) in [7, 11) is 0. The molecule has 0 saturated carbocycles. The Morgan fingerprint density at radius 3 is 2.60 bits per heavy atom. The number of hydrogen-bond donors (Lipinski definition) is 2. The number of nitrogens with one attached hydrogen (secondary N) is 2. The number of piperidine rings is 2. The van der Waals surface area contributed by atoms with Crippen molar-refractivity contribution in [1.29, 1.82) is 0 Å². The Kier molecular flexibility index (Phi) is 8.59. The number of ether oxygens (including phenoxy) is 2. The highest BCUT2D eigenvalue weighted by Gasteiger charge is 2.26. The number of benzene rings is 2. The topological polar surface area (TPSA) is 91.9 Å². The van der Waals surface area contributed by atoms with Crippen LogP contribution < -0.4 is 20.3 Å². The van der Waals surface area contributed by atoms with Gasteiger partial charge in [-0.2, -0.15) is 0 Å². The van der Waals surface area contributed by atoms with E-state index in [4.69, 9.17) is 9.47 Å². The first kappa shape index (κ1) is 26.8. The lowest BCUT2D eigenvalue weighted by molar-refractivity contribution is 0.122. The number of amides is 2. The van der Waals surface area contributed by atoms with Crippen molar-refractivity contribution in [2.24, 2.45) is 0 Å². The molecule has 2 amide bonds. The fourth-order valence-corrected chi connectivity index (χ4v) is 6.10. The third-order valence-corrected chi connectivity index (χ3v) is 8.45.